The topological polar surface area (TPSA) is 99.0 Å². The fourth-order valence-corrected chi connectivity index (χ4v) is 3.53. The van der Waals surface area contributed by atoms with Crippen LogP contribution in [0.3, 0.4) is 0 Å². The van der Waals surface area contributed by atoms with E-state index in [2.05, 4.69) is 5.32 Å². The van der Waals surface area contributed by atoms with Gasteiger partial charge in [0.1, 0.15) is 0 Å². The third kappa shape index (κ3) is 5.79. The number of piperazine rings is 1. The van der Waals surface area contributed by atoms with E-state index in [1.807, 2.05) is 35.2 Å². The molecule has 1 fully saturated rings. The Kier molecular flexibility index (Phi) is 7.19. The summed E-state index contributed by atoms with van der Waals surface area (Å²) < 4.78 is 0. The van der Waals surface area contributed by atoms with E-state index in [0.29, 0.717) is 44.0 Å². The van der Waals surface area contributed by atoms with Crippen molar-refractivity contribution in [3.63, 3.8) is 0 Å². The largest absolute Gasteiger partial charge is 0.377 e. The van der Waals surface area contributed by atoms with Gasteiger partial charge in [0.2, 0.25) is 5.91 Å². The SMILES string of the molecule is CN(C)c1ccc([N+](=O)[O-])cc1C(=O)N1CCN(CC(=O)NCc2ccccc2)CC1. The van der Waals surface area contributed by atoms with Crippen LogP contribution in [0.25, 0.3) is 0 Å². The van der Waals surface area contributed by atoms with Crippen LogP contribution in [0, 0.1) is 10.1 Å². The van der Waals surface area contributed by atoms with Crippen molar-refractivity contribution < 1.29 is 14.5 Å². The number of rotatable bonds is 7. The van der Waals surface area contributed by atoms with Gasteiger partial charge in [0.25, 0.3) is 11.6 Å². The molecule has 0 radical (unpaired) electrons. The highest BCUT2D eigenvalue weighted by atomic mass is 16.6. The third-order valence-electron chi connectivity index (χ3n) is 5.26. The standard InChI is InChI=1S/C22H27N5O4/c1-24(2)20-9-8-18(27(30)31)14-19(20)22(29)26-12-10-25(11-13-26)16-21(28)23-15-17-6-4-3-5-7-17/h3-9,14H,10-13,15-16H2,1-2H3,(H,23,28). The Balaban J connectivity index is 1.55. The third-order valence-corrected chi connectivity index (χ3v) is 5.26. The Morgan fingerprint density at radius 3 is 2.35 bits per heavy atom. The molecule has 2 amide bonds. The van der Waals surface area contributed by atoms with E-state index in [4.69, 9.17) is 0 Å². The van der Waals surface area contributed by atoms with Crippen LogP contribution in [0.2, 0.25) is 0 Å². The zero-order valence-corrected chi connectivity index (χ0v) is 17.8. The van der Waals surface area contributed by atoms with Gasteiger partial charge in [0, 0.05) is 64.6 Å². The predicted molar refractivity (Wildman–Crippen MR) is 118 cm³/mol. The number of nitro groups is 1. The van der Waals surface area contributed by atoms with Gasteiger partial charge < -0.3 is 15.1 Å². The molecule has 0 aliphatic carbocycles. The maximum atomic E-state index is 13.1. The highest BCUT2D eigenvalue weighted by molar-refractivity contribution is 6.00. The van der Waals surface area contributed by atoms with Crippen molar-refractivity contribution in [2.24, 2.45) is 0 Å². The second kappa shape index (κ2) is 10.0. The molecule has 1 saturated heterocycles. The summed E-state index contributed by atoms with van der Waals surface area (Å²) in [6.07, 6.45) is 0. The van der Waals surface area contributed by atoms with Gasteiger partial charge in [-0.3, -0.25) is 24.6 Å². The summed E-state index contributed by atoms with van der Waals surface area (Å²) in [5, 5.41) is 14.1. The van der Waals surface area contributed by atoms with E-state index in [9.17, 15) is 19.7 Å². The molecule has 0 unspecified atom stereocenters. The van der Waals surface area contributed by atoms with Crippen molar-refractivity contribution in [2.75, 3.05) is 51.7 Å². The monoisotopic (exact) mass is 425 g/mol. The average Bonchev–Trinajstić information content (AvgIpc) is 2.78. The molecule has 0 atom stereocenters. The first-order valence-corrected chi connectivity index (χ1v) is 10.1. The zero-order valence-electron chi connectivity index (χ0n) is 17.8. The average molecular weight is 425 g/mol. The van der Waals surface area contributed by atoms with Crippen LogP contribution in [0.5, 0.6) is 0 Å². The molecule has 164 valence electrons. The van der Waals surface area contributed by atoms with Gasteiger partial charge in [0.05, 0.1) is 17.0 Å². The lowest BCUT2D eigenvalue weighted by Gasteiger charge is -2.34. The number of carbonyl (C=O) groups is 2. The Bertz CT molecular complexity index is 940. The predicted octanol–water partition coefficient (Wildman–Crippen LogP) is 1.73. The lowest BCUT2D eigenvalue weighted by molar-refractivity contribution is -0.384. The van der Waals surface area contributed by atoms with Gasteiger partial charge in [-0.2, -0.15) is 0 Å². The molecule has 1 aliphatic rings. The fourth-order valence-electron chi connectivity index (χ4n) is 3.53. The van der Waals surface area contributed by atoms with Crippen molar-refractivity contribution in [3.8, 4) is 0 Å². The van der Waals surface area contributed by atoms with Gasteiger partial charge in [-0.25, -0.2) is 0 Å². The molecule has 2 aromatic rings. The van der Waals surface area contributed by atoms with Crippen LogP contribution in [0.4, 0.5) is 11.4 Å². The molecular weight excluding hydrogens is 398 g/mol. The number of nitrogens with zero attached hydrogens (tertiary/aromatic N) is 4. The summed E-state index contributed by atoms with van der Waals surface area (Å²) in [5.74, 6) is -0.294. The number of benzene rings is 2. The van der Waals surface area contributed by atoms with Crippen LogP contribution < -0.4 is 10.2 Å². The van der Waals surface area contributed by atoms with Crippen LogP contribution in [0.1, 0.15) is 15.9 Å². The first-order chi connectivity index (χ1) is 14.8. The lowest BCUT2D eigenvalue weighted by atomic mass is 10.1. The number of hydrogen-bond acceptors (Lipinski definition) is 6. The molecule has 31 heavy (non-hydrogen) atoms. The van der Waals surface area contributed by atoms with E-state index < -0.39 is 4.92 Å². The Morgan fingerprint density at radius 2 is 1.74 bits per heavy atom. The normalized spacial score (nSPS) is 14.2. The minimum absolute atomic E-state index is 0.0581. The van der Waals surface area contributed by atoms with Crippen molar-refractivity contribution in [1.29, 1.82) is 0 Å². The molecule has 3 rings (SSSR count). The van der Waals surface area contributed by atoms with Crippen LogP contribution >= 0.6 is 0 Å². The van der Waals surface area contributed by atoms with Gasteiger partial charge >= 0.3 is 0 Å². The minimum Gasteiger partial charge on any atom is -0.377 e. The molecule has 2 aromatic carbocycles. The number of hydrogen-bond donors (Lipinski definition) is 1. The van der Waals surface area contributed by atoms with Crippen molar-refractivity contribution in [2.45, 2.75) is 6.54 Å². The Labute approximate surface area is 181 Å². The summed E-state index contributed by atoms with van der Waals surface area (Å²) >= 11 is 0. The fraction of sp³-hybridized carbons (Fsp3) is 0.364. The molecule has 1 heterocycles. The second-order valence-corrected chi connectivity index (χ2v) is 7.68. The summed E-state index contributed by atoms with van der Waals surface area (Å²) in [5.41, 5.74) is 1.88. The van der Waals surface area contributed by atoms with Crippen molar-refractivity contribution in [3.05, 3.63) is 69.8 Å². The van der Waals surface area contributed by atoms with E-state index in [1.54, 1.807) is 30.0 Å². The molecular formula is C22H27N5O4. The second-order valence-electron chi connectivity index (χ2n) is 7.68. The van der Waals surface area contributed by atoms with Crippen molar-refractivity contribution >= 4 is 23.2 Å². The van der Waals surface area contributed by atoms with Crippen molar-refractivity contribution in [1.82, 2.24) is 15.1 Å². The summed E-state index contributed by atoms with van der Waals surface area (Å²) in [7, 11) is 3.59. The maximum absolute atomic E-state index is 13.1. The Morgan fingerprint density at radius 1 is 1.06 bits per heavy atom. The van der Waals surface area contributed by atoms with Crippen LogP contribution in [-0.4, -0.2) is 73.4 Å². The van der Waals surface area contributed by atoms with E-state index >= 15 is 0 Å². The number of anilines is 1. The molecule has 1 N–H and O–H groups in total. The quantitative estimate of drug-likeness (QED) is 0.536. The summed E-state index contributed by atoms with van der Waals surface area (Å²) in [6, 6.07) is 14.0. The highest BCUT2D eigenvalue weighted by Gasteiger charge is 2.26. The highest BCUT2D eigenvalue weighted by Crippen LogP contribution is 2.26. The van der Waals surface area contributed by atoms with E-state index in [-0.39, 0.29) is 24.0 Å². The van der Waals surface area contributed by atoms with Gasteiger partial charge in [-0.1, -0.05) is 30.3 Å². The summed E-state index contributed by atoms with van der Waals surface area (Å²) in [4.78, 5) is 41.4. The molecule has 0 spiro atoms. The molecule has 0 saturated carbocycles. The number of nitro benzene ring substituents is 1. The van der Waals surface area contributed by atoms with Gasteiger partial charge in [0.15, 0.2) is 0 Å². The lowest BCUT2D eigenvalue weighted by Crippen LogP contribution is -2.51. The van der Waals surface area contributed by atoms with Crippen LogP contribution in [-0.2, 0) is 11.3 Å². The van der Waals surface area contributed by atoms with E-state index in [0.717, 1.165) is 5.56 Å². The number of non-ortho nitro benzene ring substituents is 1. The molecule has 1 aliphatic heterocycles. The molecule has 0 aromatic heterocycles. The number of nitrogens with one attached hydrogen (secondary N) is 1. The van der Waals surface area contributed by atoms with Gasteiger partial charge in [-0.15, -0.1) is 0 Å². The zero-order chi connectivity index (χ0) is 22.4. The smallest absolute Gasteiger partial charge is 0.270 e. The first-order valence-electron chi connectivity index (χ1n) is 10.1. The van der Waals surface area contributed by atoms with E-state index in [1.165, 1.54) is 12.1 Å². The number of amides is 2. The molecule has 9 heteroatoms. The molecule has 9 nitrogen and oxygen atoms in total. The minimum atomic E-state index is -0.498. The first kappa shape index (κ1) is 22.2. The summed E-state index contributed by atoms with van der Waals surface area (Å²) in [6.45, 7) is 2.81. The number of carbonyl (C=O) groups excluding carboxylic acids is 2. The Hall–Kier alpha value is -3.46. The van der Waals surface area contributed by atoms with Crippen LogP contribution in [0.15, 0.2) is 48.5 Å². The van der Waals surface area contributed by atoms with Gasteiger partial charge in [-0.05, 0) is 11.6 Å². The molecule has 0 bridgehead atoms. The maximum Gasteiger partial charge on any atom is 0.270 e.